The minimum absolute atomic E-state index is 0.140. The number of halogens is 3. The van der Waals surface area contributed by atoms with Gasteiger partial charge in [-0.25, -0.2) is 4.79 Å². The molecule has 7 heteroatoms. The first kappa shape index (κ1) is 11.5. The number of β-amino-alcohol motifs (C(OH)–C–C–N with tert-alkyl or cyclic N) is 1. The van der Waals surface area contributed by atoms with Crippen molar-refractivity contribution in [2.45, 2.75) is 24.6 Å². The van der Waals surface area contributed by atoms with E-state index in [4.69, 9.17) is 0 Å². The lowest BCUT2D eigenvalue weighted by Crippen LogP contribution is -2.66. The number of urea groups is 1. The molecule has 16 heavy (non-hydrogen) atoms. The van der Waals surface area contributed by atoms with E-state index in [2.05, 4.69) is 0 Å². The van der Waals surface area contributed by atoms with Crippen molar-refractivity contribution in [3.63, 3.8) is 0 Å². The maximum Gasteiger partial charge on any atom is 0.405 e. The summed E-state index contributed by atoms with van der Waals surface area (Å²) >= 11 is 0. The molecule has 1 saturated heterocycles. The summed E-state index contributed by atoms with van der Waals surface area (Å²) in [6.45, 7) is -1.05. The van der Waals surface area contributed by atoms with Crippen LogP contribution in [0.1, 0.15) is 12.8 Å². The highest BCUT2D eigenvalue weighted by atomic mass is 19.4. The second-order valence-corrected chi connectivity index (χ2v) is 4.51. The van der Waals surface area contributed by atoms with Gasteiger partial charge in [-0.1, -0.05) is 0 Å². The van der Waals surface area contributed by atoms with E-state index in [0.717, 1.165) is 12.8 Å². The number of carbonyl (C=O) groups is 1. The van der Waals surface area contributed by atoms with Crippen molar-refractivity contribution in [2.24, 2.45) is 5.92 Å². The number of nitrogens with zero attached hydrogens (tertiary/aromatic N) is 1. The molecule has 2 N–H and O–H groups in total. The lowest BCUT2D eigenvalue weighted by molar-refractivity contribution is -0.125. The molecule has 0 radical (unpaired) electrons. The van der Waals surface area contributed by atoms with Crippen LogP contribution in [-0.2, 0) is 0 Å². The Morgan fingerprint density at radius 2 is 2.00 bits per heavy atom. The van der Waals surface area contributed by atoms with Gasteiger partial charge >= 0.3 is 12.2 Å². The van der Waals surface area contributed by atoms with Gasteiger partial charge in [0.15, 0.2) is 0 Å². The van der Waals surface area contributed by atoms with Crippen molar-refractivity contribution in [3.8, 4) is 0 Å². The SMILES string of the molecule is O=C(NCC(F)(F)F)N1CC(O)(C2CC2)C1. The molecule has 2 rings (SSSR count). The van der Waals surface area contributed by atoms with Gasteiger partial charge < -0.3 is 15.3 Å². The minimum atomic E-state index is -4.40. The zero-order valence-electron chi connectivity index (χ0n) is 8.55. The molecular weight excluding hydrogens is 225 g/mol. The van der Waals surface area contributed by atoms with Crippen molar-refractivity contribution in [2.75, 3.05) is 19.6 Å². The highest BCUT2D eigenvalue weighted by molar-refractivity contribution is 5.75. The number of nitrogens with one attached hydrogen (secondary N) is 1. The molecule has 0 aromatic rings. The van der Waals surface area contributed by atoms with Gasteiger partial charge in [0.2, 0.25) is 0 Å². The Morgan fingerprint density at radius 1 is 1.44 bits per heavy atom. The predicted octanol–water partition coefficient (Wildman–Crippen LogP) is 0.715. The van der Waals surface area contributed by atoms with Gasteiger partial charge in [0.05, 0.1) is 13.1 Å². The van der Waals surface area contributed by atoms with E-state index in [1.54, 1.807) is 5.32 Å². The average Bonchev–Trinajstić information content (AvgIpc) is 2.90. The first-order chi connectivity index (χ1) is 7.30. The van der Waals surface area contributed by atoms with Crippen molar-refractivity contribution >= 4 is 6.03 Å². The molecule has 0 bridgehead atoms. The molecule has 1 heterocycles. The lowest BCUT2D eigenvalue weighted by atomic mass is 9.89. The van der Waals surface area contributed by atoms with Crippen LogP contribution >= 0.6 is 0 Å². The molecule has 1 aliphatic carbocycles. The van der Waals surface area contributed by atoms with E-state index < -0.39 is 24.4 Å². The lowest BCUT2D eigenvalue weighted by Gasteiger charge is -2.46. The third-order valence-corrected chi connectivity index (χ3v) is 2.99. The predicted molar refractivity (Wildman–Crippen MR) is 48.7 cm³/mol. The first-order valence-electron chi connectivity index (χ1n) is 5.12. The van der Waals surface area contributed by atoms with Crippen LogP contribution in [0.15, 0.2) is 0 Å². The minimum Gasteiger partial charge on any atom is -0.386 e. The van der Waals surface area contributed by atoms with Gasteiger partial charge in [-0.3, -0.25) is 0 Å². The van der Waals surface area contributed by atoms with Crippen LogP contribution in [0, 0.1) is 5.92 Å². The van der Waals surface area contributed by atoms with Crippen LogP contribution in [0.3, 0.4) is 0 Å². The Balaban J connectivity index is 1.72. The standard InChI is InChI=1S/C9H13F3N2O2/c10-9(11,12)3-13-7(15)14-4-8(16,5-14)6-1-2-6/h6,16H,1-5H2,(H,13,15). The van der Waals surface area contributed by atoms with Gasteiger partial charge in [0, 0.05) is 0 Å². The fraction of sp³-hybridized carbons (Fsp3) is 0.889. The summed E-state index contributed by atoms with van der Waals surface area (Å²) in [5, 5.41) is 11.6. The Morgan fingerprint density at radius 3 is 2.44 bits per heavy atom. The average molecular weight is 238 g/mol. The Bertz CT molecular complexity index is 296. The maximum atomic E-state index is 11.8. The second kappa shape index (κ2) is 3.51. The number of carbonyl (C=O) groups excluding carboxylic acids is 1. The number of amides is 2. The first-order valence-corrected chi connectivity index (χ1v) is 5.12. The second-order valence-electron chi connectivity index (χ2n) is 4.51. The normalized spacial score (nSPS) is 23.9. The van der Waals surface area contributed by atoms with Crippen LogP contribution in [0.25, 0.3) is 0 Å². The number of hydrogen-bond acceptors (Lipinski definition) is 2. The quantitative estimate of drug-likeness (QED) is 0.744. The van der Waals surface area contributed by atoms with Crippen molar-refractivity contribution in [1.82, 2.24) is 10.2 Å². The summed E-state index contributed by atoms with van der Waals surface area (Å²) in [4.78, 5) is 12.4. The smallest absolute Gasteiger partial charge is 0.386 e. The monoisotopic (exact) mass is 238 g/mol. The number of alkyl halides is 3. The van der Waals surface area contributed by atoms with Crippen LogP contribution in [0.5, 0.6) is 0 Å². The third-order valence-electron chi connectivity index (χ3n) is 2.99. The molecule has 92 valence electrons. The van der Waals surface area contributed by atoms with Gasteiger partial charge in [-0.15, -0.1) is 0 Å². The van der Waals surface area contributed by atoms with Crippen LogP contribution in [0.2, 0.25) is 0 Å². The van der Waals surface area contributed by atoms with Gasteiger partial charge in [0.25, 0.3) is 0 Å². The highest BCUT2D eigenvalue weighted by Crippen LogP contribution is 2.44. The van der Waals surface area contributed by atoms with E-state index in [1.165, 1.54) is 4.90 Å². The van der Waals surface area contributed by atoms with Gasteiger partial charge in [-0.2, -0.15) is 13.2 Å². The molecule has 4 nitrogen and oxygen atoms in total. The molecular formula is C9H13F3N2O2. The molecule has 0 aromatic carbocycles. The summed E-state index contributed by atoms with van der Waals surface area (Å²) in [5.74, 6) is 0.221. The number of hydrogen-bond donors (Lipinski definition) is 2. The van der Waals surface area contributed by atoms with Gasteiger partial charge in [0.1, 0.15) is 12.1 Å². The maximum absolute atomic E-state index is 11.8. The fourth-order valence-corrected chi connectivity index (χ4v) is 1.92. The summed E-state index contributed by atoms with van der Waals surface area (Å²) in [6.07, 6.45) is -2.52. The van der Waals surface area contributed by atoms with Crippen molar-refractivity contribution in [3.05, 3.63) is 0 Å². The zero-order valence-corrected chi connectivity index (χ0v) is 8.55. The van der Waals surface area contributed by atoms with Gasteiger partial charge in [-0.05, 0) is 18.8 Å². The molecule has 0 spiro atoms. The molecule has 2 aliphatic rings. The Labute approximate surface area is 90.4 Å². The molecule has 1 saturated carbocycles. The van der Waals surface area contributed by atoms with E-state index in [0.29, 0.717) is 0 Å². The number of rotatable bonds is 2. The van der Waals surface area contributed by atoms with E-state index in [9.17, 15) is 23.1 Å². The zero-order chi connectivity index (χ0) is 12.0. The third kappa shape index (κ3) is 2.40. The molecule has 2 amide bonds. The molecule has 0 unspecified atom stereocenters. The van der Waals surface area contributed by atoms with Crippen LogP contribution < -0.4 is 5.32 Å². The summed E-state index contributed by atoms with van der Waals surface area (Å²) in [5.41, 5.74) is -0.852. The highest BCUT2D eigenvalue weighted by Gasteiger charge is 2.53. The van der Waals surface area contributed by atoms with E-state index >= 15 is 0 Å². The van der Waals surface area contributed by atoms with Crippen molar-refractivity contribution in [1.29, 1.82) is 0 Å². The fourth-order valence-electron chi connectivity index (χ4n) is 1.92. The van der Waals surface area contributed by atoms with E-state index in [-0.39, 0.29) is 19.0 Å². The van der Waals surface area contributed by atoms with Crippen LogP contribution in [-0.4, -0.2) is 47.4 Å². The number of likely N-dealkylation sites (tertiary alicyclic amines) is 1. The topological polar surface area (TPSA) is 52.6 Å². The summed E-state index contributed by atoms with van der Waals surface area (Å²) < 4.78 is 35.4. The molecule has 0 aromatic heterocycles. The number of aliphatic hydroxyl groups is 1. The Kier molecular flexibility index (Phi) is 2.52. The molecule has 2 fully saturated rings. The molecule has 0 atom stereocenters. The largest absolute Gasteiger partial charge is 0.405 e. The summed E-state index contributed by atoms with van der Waals surface area (Å²) in [6, 6.07) is -0.761. The van der Waals surface area contributed by atoms with Crippen molar-refractivity contribution < 1.29 is 23.1 Å². The Hall–Kier alpha value is -0.980. The van der Waals surface area contributed by atoms with E-state index in [1.807, 2.05) is 0 Å². The molecule has 1 aliphatic heterocycles. The summed E-state index contributed by atoms with van der Waals surface area (Å²) in [7, 11) is 0. The van der Waals surface area contributed by atoms with Crippen LogP contribution in [0.4, 0.5) is 18.0 Å².